The summed E-state index contributed by atoms with van der Waals surface area (Å²) in [5.41, 5.74) is 0. The number of aliphatic hydroxyl groups is 2. The normalized spacial score (nSPS) is 12.2. The maximum absolute atomic E-state index is 8.92. The molecule has 0 radical (unpaired) electrons. The number of aliphatic hydroxyl groups excluding tert-OH is 2. The summed E-state index contributed by atoms with van der Waals surface area (Å²) in [5, 5.41) is 17.4. The van der Waals surface area contributed by atoms with Crippen LogP contribution >= 0.6 is 0 Å². The van der Waals surface area contributed by atoms with Gasteiger partial charge >= 0.3 is 0 Å². The van der Waals surface area contributed by atoms with Gasteiger partial charge in [-0.2, -0.15) is 0 Å². The third-order valence-corrected chi connectivity index (χ3v) is 1.91. The van der Waals surface area contributed by atoms with E-state index in [4.69, 9.17) is 14.9 Å². The van der Waals surface area contributed by atoms with E-state index >= 15 is 0 Å². The van der Waals surface area contributed by atoms with Crippen LogP contribution in [0.2, 0.25) is 0 Å². The van der Waals surface area contributed by atoms with Gasteiger partial charge in [0, 0.05) is 6.61 Å². The highest BCUT2D eigenvalue weighted by atomic mass is 16.5. The van der Waals surface area contributed by atoms with Gasteiger partial charge in [-0.15, -0.1) is 0 Å². The second kappa shape index (κ2) is 12.8. The summed E-state index contributed by atoms with van der Waals surface area (Å²) < 4.78 is 5.16. The fourth-order valence-corrected chi connectivity index (χ4v) is 1.08. The predicted molar refractivity (Wildman–Crippen MR) is 56.3 cm³/mol. The molecule has 14 heavy (non-hydrogen) atoms. The number of unbranched alkanes of at least 4 members (excludes halogenated alkanes) is 4. The largest absolute Gasteiger partial charge is 0.412 e. The molecule has 0 aromatic rings. The van der Waals surface area contributed by atoms with E-state index in [0.29, 0.717) is 6.61 Å². The van der Waals surface area contributed by atoms with E-state index in [9.17, 15) is 0 Å². The van der Waals surface area contributed by atoms with E-state index in [2.05, 4.69) is 6.92 Å². The zero-order valence-corrected chi connectivity index (χ0v) is 9.04. The first-order chi connectivity index (χ1) is 6.31. The number of ether oxygens (including phenoxy) is 1. The average molecular weight is 208 g/mol. The molecule has 1 unspecified atom stereocenters. The molecule has 88 valence electrons. The Kier molecular flexibility index (Phi) is 14.9. The Morgan fingerprint density at radius 2 is 1.79 bits per heavy atom. The molecule has 0 aromatic carbocycles. The number of hydrogen-bond donors (Lipinski definition) is 2. The Balaban J connectivity index is 0. The first kappa shape index (κ1) is 16.3. The molecule has 0 amide bonds. The van der Waals surface area contributed by atoms with E-state index in [1.807, 2.05) is 0 Å². The molecule has 0 bridgehead atoms. The highest BCUT2D eigenvalue weighted by molar-refractivity contribution is 4.49. The zero-order valence-electron chi connectivity index (χ0n) is 9.04. The lowest BCUT2D eigenvalue weighted by Gasteiger charge is -2.07. The average Bonchev–Trinajstić information content (AvgIpc) is 2.16. The van der Waals surface area contributed by atoms with Crippen molar-refractivity contribution in [3.63, 3.8) is 0 Å². The van der Waals surface area contributed by atoms with Crippen LogP contribution in [0.15, 0.2) is 0 Å². The molecule has 4 N–H and O–H groups in total. The van der Waals surface area contributed by atoms with Gasteiger partial charge in [0.05, 0.1) is 13.2 Å². The van der Waals surface area contributed by atoms with Crippen LogP contribution in [0.3, 0.4) is 0 Å². The standard InChI is InChI=1S/C10H22O3.H2O/c1-2-3-4-5-6-7-13-9-10(12)8-11;/h10-12H,2-9H2,1H3;1H2. The van der Waals surface area contributed by atoms with Crippen molar-refractivity contribution in [2.24, 2.45) is 0 Å². The molecule has 0 heterocycles. The van der Waals surface area contributed by atoms with Crippen LogP contribution in [0.5, 0.6) is 0 Å². The molecule has 0 aliphatic carbocycles. The van der Waals surface area contributed by atoms with Crippen LogP contribution in [0, 0.1) is 0 Å². The zero-order chi connectivity index (χ0) is 9.94. The quantitative estimate of drug-likeness (QED) is 0.541. The summed E-state index contributed by atoms with van der Waals surface area (Å²) in [6, 6.07) is 0. The second-order valence-electron chi connectivity index (χ2n) is 3.33. The Morgan fingerprint density at radius 1 is 1.14 bits per heavy atom. The van der Waals surface area contributed by atoms with Crippen LogP contribution < -0.4 is 0 Å². The summed E-state index contributed by atoms with van der Waals surface area (Å²) in [6.45, 7) is 2.93. The second-order valence-corrected chi connectivity index (χ2v) is 3.33. The third kappa shape index (κ3) is 11.8. The first-order valence-corrected chi connectivity index (χ1v) is 5.18. The van der Waals surface area contributed by atoms with Crippen molar-refractivity contribution in [3.05, 3.63) is 0 Å². The molecule has 0 fully saturated rings. The van der Waals surface area contributed by atoms with Crippen LogP contribution in [0.25, 0.3) is 0 Å². The van der Waals surface area contributed by atoms with Gasteiger partial charge in [-0.25, -0.2) is 0 Å². The van der Waals surface area contributed by atoms with Gasteiger partial charge in [0.15, 0.2) is 0 Å². The van der Waals surface area contributed by atoms with Crippen LogP contribution in [-0.2, 0) is 4.74 Å². The highest BCUT2D eigenvalue weighted by Gasteiger charge is 2.00. The fraction of sp³-hybridized carbons (Fsp3) is 1.00. The van der Waals surface area contributed by atoms with Crippen molar-refractivity contribution in [1.29, 1.82) is 0 Å². The van der Waals surface area contributed by atoms with Crippen molar-refractivity contribution in [2.45, 2.75) is 45.1 Å². The van der Waals surface area contributed by atoms with E-state index in [-0.39, 0.29) is 18.7 Å². The van der Waals surface area contributed by atoms with E-state index in [0.717, 1.165) is 6.42 Å². The van der Waals surface area contributed by atoms with Crippen molar-refractivity contribution in [2.75, 3.05) is 19.8 Å². The Hall–Kier alpha value is -0.160. The number of rotatable bonds is 9. The molecule has 0 saturated carbocycles. The minimum absolute atomic E-state index is 0. The van der Waals surface area contributed by atoms with Gasteiger partial charge in [-0.1, -0.05) is 32.6 Å². The van der Waals surface area contributed by atoms with Crippen LogP contribution in [-0.4, -0.2) is 41.6 Å². The molecule has 0 aliphatic heterocycles. The predicted octanol–water partition coefficient (Wildman–Crippen LogP) is 0.502. The molecule has 4 nitrogen and oxygen atoms in total. The minimum Gasteiger partial charge on any atom is -0.412 e. The summed E-state index contributed by atoms with van der Waals surface area (Å²) in [6.07, 6.45) is 5.35. The van der Waals surface area contributed by atoms with Crippen LogP contribution in [0.1, 0.15) is 39.0 Å². The SMILES string of the molecule is CCCCCCCOCC(O)CO.O. The smallest absolute Gasteiger partial charge is 0.100 e. The van der Waals surface area contributed by atoms with Gasteiger partial charge in [0.25, 0.3) is 0 Å². The topological polar surface area (TPSA) is 81.2 Å². The van der Waals surface area contributed by atoms with Gasteiger partial charge in [-0.3, -0.25) is 0 Å². The monoisotopic (exact) mass is 208 g/mol. The van der Waals surface area contributed by atoms with Crippen molar-refractivity contribution in [1.82, 2.24) is 0 Å². The van der Waals surface area contributed by atoms with Gasteiger partial charge in [0.1, 0.15) is 6.10 Å². The lowest BCUT2D eigenvalue weighted by molar-refractivity contribution is 0.00526. The van der Waals surface area contributed by atoms with E-state index in [1.54, 1.807) is 0 Å². The summed E-state index contributed by atoms with van der Waals surface area (Å²) in [7, 11) is 0. The molecule has 0 saturated heterocycles. The summed E-state index contributed by atoms with van der Waals surface area (Å²) in [4.78, 5) is 0. The Morgan fingerprint density at radius 3 is 2.36 bits per heavy atom. The molecular formula is C10H24O4. The van der Waals surface area contributed by atoms with Crippen LogP contribution in [0.4, 0.5) is 0 Å². The molecule has 4 heteroatoms. The van der Waals surface area contributed by atoms with Crippen molar-refractivity contribution < 1.29 is 20.4 Å². The highest BCUT2D eigenvalue weighted by Crippen LogP contribution is 2.02. The third-order valence-electron chi connectivity index (χ3n) is 1.91. The number of hydrogen-bond acceptors (Lipinski definition) is 3. The molecule has 0 rings (SSSR count). The molecule has 0 spiro atoms. The Labute approximate surface area is 86.2 Å². The summed E-state index contributed by atoms with van der Waals surface area (Å²) >= 11 is 0. The lowest BCUT2D eigenvalue weighted by atomic mass is 10.2. The summed E-state index contributed by atoms with van der Waals surface area (Å²) in [5.74, 6) is 0. The van der Waals surface area contributed by atoms with E-state index in [1.165, 1.54) is 25.7 Å². The van der Waals surface area contributed by atoms with Gasteiger partial charge in [-0.05, 0) is 6.42 Å². The van der Waals surface area contributed by atoms with Crippen molar-refractivity contribution in [3.8, 4) is 0 Å². The maximum atomic E-state index is 8.92. The molecule has 1 atom stereocenters. The molecule has 0 aromatic heterocycles. The van der Waals surface area contributed by atoms with Crippen molar-refractivity contribution >= 4 is 0 Å². The van der Waals surface area contributed by atoms with Gasteiger partial charge in [0.2, 0.25) is 0 Å². The lowest BCUT2D eigenvalue weighted by Crippen LogP contribution is -2.19. The van der Waals surface area contributed by atoms with E-state index < -0.39 is 6.10 Å². The Bertz CT molecular complexity index is 98.1. The van der Waals surface area contributed by atoms with Gasteiger partial charge < -0.3 is 20.4 Å². The first-order valence-electron chi connectivity index (χ1n) is 5.18. The molecule has 0 aliphatic rings. The maximum Gasteiger partial charge on any atom is 0.100 e. The molecular weight excluding hydrogens is 184 g/mol. The fourth-order valence-electron chi connectivity index (χ4n) is 1.08. The minimum atomic E-state index is -0.712.